The van der Waals surface area contributed by atoms with Crippen molar-refractivity contribution in [3.63, 3.8) is 0 Å². The van der Waals surface area contributed by atoms with Crippen LogP contribution in [-0.4, -0.2) is 47.8 Å². The molecule has 4 rings (SSSR count). The van der Waals surface area contributed by atoms with E-state index in [0.29, 0.717) is 67.8 Å². The van der Waals surface area contributed by atoms with Crippen LogP contribution in [0.3, 0.4) is 0 Å². The van der Waals surface area contributed by atoms with E-state index in [-0.39, 0.29) is 18.1 Å². The fraction of sp³-hybridized carbons (Fsp3) is 0.400. The van der Waals surface area contributed by atoms with Gasteiger partial charge in [-0.15, -0.1) is 0 Å². The number of carbonyl (C=O) groups is 3. The van der Waals surface area contributed by atoms with Crippen molar-refractivity contribution in [2.75, 3.05) is 20.3 Å². The number of ether oxygens (including phenoxy) is 2. The van der Waals surface area contributed by atoms with Gasteiger partial charge in [0.05, 0.1) is 10.7 Å². The second kappa shape index (κ2) is 9.70. The first-order chi connectivity index (χ1) is 15.9. The van der Waals surface area contributed by atoms with Crippen LogP contribution in [0.4, 0.5) is 0 Å². The molecule has 3 aliphatic rings. The van der Waals surface area contributed by atoms with Crippen molar-refractivity contribution in [3.8, 4) is 11.5 Å². The SMILES string of the molecule is C=CCOc1c(I)cc(C2C3=C(CCCC3=O)N(CC(=O)O)C3=C2C(=O)CCC3)cc1OC. The number of methoxy groups -OCH3 is 1. The van der Waals surface area contributed by atoms with E-state index in [1.807, 2.05) is 12.1 Å². The molecule has 1 aromatic rings. The first-order valence-corrected chi connectivity index (χ1v) is 12.1. The van der Waals surface area contributed by atoms with Crippen molar-refractivity contribution in [1.29, 1.82) is 0 Å². The standard InChI is InChI=1S/C25H26INO6/c1-3-10-33-25-15(26)11-14(12-20(25)32-2)22-23-16(6-4-8-18(23)28)27(13-21(30)31)17-7-5-9-19(29)24(17)22/h3,11-12,22H,1,4-10,13H2,2H3,(H,30,31). The Morgan fingerprint density at radius 3 is 2.27 bits per heavy atom. The minimum Gasteiger partial charge on any atom is -0.493 e. The van der Waals surface area contributed by atoms with Gasteiger partial charge >= 0.3 is 5.97 Å². The molecule has 0 radical (unpaired) electrons. The van der Waals surface area contributed by atoms with E-state index in [1.165, 1.54) is 0 Å². The fourth-order valence-electron chi connectivity index (χ4n) is 5.06. The molecule has 0 atom stereocenters. The summed E-state index contributed by atoms with van der Waals surface area (Å²) in [7, 11) is 1.55. The second-order valence-corrected chi connectivity index (χ2v) is 9.48. The molecule has 7 nitrogen and oxygen atoms in total. The zero-order valence-corrected chi connectivity index (χ0v) is 20.6. The lowest BCUT2D eigenvalue weighted by atomic mass is 9.71. The number of hydrogen-bond donors (Lipinski definition) is 1. The number of rotatable bonds is 7. The van der Waals surface area contributed by atoms with Crippen LogP contribution in [0.5, 0.6) is 11.5 Å². The van der Waals surface area contributed by atoms with E-state index in [9.17, 15) is 19.5 Å². The Bertz CT molecular complexity index is 1060. The molecule has 33 heavy (non-hydrogen) atoms. The molecule has 0 spiro atoms. The number of benzene rings is 1. The van der Waals surface area contributed by atoms with E-state index in [4.69, 9.17) is 9.47 Å². The number of hydrogen-bond acceptors (Lipinski definition) is 6. The summed E-state index contributed by atoms with van der Waals surface area (Å²) in [5.74, 6) is -0.467. The highest BCUT2D eigenvalue weighted by molar-refractivity contribution is 14.1. The first kappa shape index (κ1) is 23.5. The molecule has 8 heteroatoms. The Morgan fingerprint density at radius 2 is 1.76 bits per heavy atom. The lowest BCUT2D eigenvalue weighted by Crippen LogP contribution is -2.41. The van der Waals surface area contributed by atoms with E-state index >= 15 is 0 Å². The number of carboxylic acids is 1. The minimum atomic E-state index is -0.983. The van der Waals surface area contributed by atoms with Crippen LogP contribution >= 0.6 is 22.6 Å². The van der Waals surface area contributed by atoms with Crippen LogP contribution in [0, 0.1) is 3.57 Å². The van der Waals surface area contributed by atoms with E-state index in [0.717, 1.165) is 20.5 Å². The molecule has 0 aromatic heterocycles. The average Bonchev–Trinajstić information content (AvgIpc) is 2.78. The lowest BCUT2D eigenvalue weighted by Gasteiger charge is -2.43. The Morgan fingerprint density at radius 1 is 1.15 bits per heavy atom. The van der Waals surface area contributed by atoms with E-state index in [1.54, 1.807) is 18.1 Å². The molecule has 1 N–H and O–H groups in total. The van der Waals surface area contributed by atoms with Crippen molar-refractivity contribution in [2.45, 2.75) is 44.4 Å². The van der Waals surface area contributed by atoms with Gasteiger partial charge in [-0.2, -0.15) is 0 Å². The molecule has 0 bridgehead atoms. The van der Waals surface area contributed by atoms with Gasteiger partial charge < -0.3 is 19.5 Å². The maximum absolute atomic E-state index is 13.2. The van der Waals surface area contributed by atoms with Gasteiger partial charge in [-0.1, -0.05) is 12.7 Å². The molecule has 0 amide bonds. The maximum atomic E-state index is 13.2. The predicted molar refractivity (Wildman–Crippen MR) is 130 cm³/mol. The Kier molecular flexibility index (Phi) is 6.92. The van der Waals surface area contributed by atoms with Crippen LogP contribution in [0.1, 0.15) is 50.0 Å². The van der Waals surface area contributed by atoms with Crippen molar-refractivity contribution in [1.82, 2.24) is 4.90 Å². The Hall–Kier alpha value is -2.62. The molecule has 0 unspecified atom stereocenters. The third-order valence-electron chi connectivity index (χ3n) is 6.31. The van der Waals surface area contributed by atoms with Crippen molar-refractivity contribution in [3.05, 3.63) is 56.5 Å². The average molecular weight is 563 g/mol. The molecule has 1 heterocycles. The molecule has 0 saturated heterocycles. The first-order valence-electron chi connectivity index (χ1n) is 11.0. The molecular weight excluding hydrogens is 537 g/mol. The third kappa shape index (κ3) is 4.32. The number of halogens is 1. The van der Waals surface area contributed by atoms with Crippen molar-refractivity contribution < 1.29 is 29.0 Å². The number of carboxylic acid groups (broad SMARTS) is 1. The van der Waals surface area contributed by atoms with Gasteiger partial charge in [0, 0.05) is 41.3 Å². The van der Waals surface area contributed by atoms with Gasteiger partial charge in [-0.05, 0) is 66.0 Å². The van der Waals surface area contributed by atoms with E-state index in [2.05, 4.69) is 29.2 Å². The monoisotopic (exact) mass is 563 g/mol. The number of ketones is 2. The zero-order chi connectivity index (χ0) is 23.7. The summed E-state index contributed by atoms with van der Waals surface area (Å²) in [5.41, 5.74) is 3.37. The summed E-state index contributed by atoms with van der Waals surface area (Å²) in [6.45, 7) is 3.75. The van der Waals surface area contributed by atoms with Gasteiger partial charge in [0.15, 0.2) is 23.1 Å². The molecule has 0 fully saturated rings. The molecule has 1 aliphatic heterocycles. The summed E-state index contributed by atoms with van der Waals surface area (Å²) in [5, 5.41) is 9.57. The third-order valence-corrected chi connectivity index (χ3v) is 7.11. The van der Waals surface area contributed by atoms with Crippen molar-refractivity contribution >= 4 is 40.1 Å². The quantitative estimate of drug-likeness (QED) is 0.389. The number of Topliss-reactive ketones (excluding diaryl/α,β-unsaturated/α-hetero) is 2. The lowest BCUT2D eigenvalue weighted by molar-refractivity contribution is -0.138. The highest BCUT2D eigenvalue weighted by Gasteiger charge is 2.44. The smallest absolute Gasteiger partial charge is 0.323 e. The largest absolute Gasteiger partial charge is 0.493 e. The van der Waals surface area contributed by atoms with Crippen LogP contribution in [0.15, 0.2) is 47.3 Å². The van der Waals surface area contributed by atoms with Crippen molar-refractivity contribution in [2.24, 2.45) is 0 Å². The maximum Gasteiger partial charge on any atom is 0.323 e. The zero-order valence-electron chi connectivity index (χ0n) is 18.5. The summed E-state index contributed by atoms with van der Waals surface area (Å²) in [4.78, 5) is 39.9. The topological polar surface area (TPSA) is 93.1 Å². The molecule has 174 valence electrons. The van der Waals surface area contributed by atoms with Gasteiger partial charge in [0.25, 0.3) is 0 Å². The normalized spacial score (nSPS) is 18.8. The summed E-state index contributed by atoms with van der Waals surface area (Å²) in [6, 6.07) is 3.76. The number of aliphatic carboxylic acids is 1. The van der Waals surface area contributed by atoms with Crippen LogP contribution in [0.2, 0.25) is 0 Å². The summed E-state index contributed by atoms with van der Waals surface area (Å²) in [6.07, 6.45) is 5.01. The Labute approximate surface area is 206 Å². The molecular formula is C25H26INO6. The number of carbonyl (C=O) groups excluding carboxylic acids is 2. The highest BCUT2D eigenvalue weighted by atomic mass is 127. The number of nitrogens with zero attached hydrogens (tertiary/aromatic N) is 1. The fourth-order valence-corrected chi connectivity index (χ4v) is 5.85. The van der Waals surface area contributed by atoms with Gasteiger partial charge in [-0.25, -0.2) is 0 Å². The summed E-state index contributed by atoms with van der Waals surface area (Å²) >= 11 is 2.17. The predicted octanol–water partition coefficient (Wildman–Crippen LogP) is 4.36. The van der Waals surface area contributed by atoms with Crippen LogP contribution in [-0.2, 0) is 14.4 Å². The minimum absolute atomic E-state index is 0.0254. The Balaban J connectivity index is 1.94. The van der Waals surface area contributed by atoms with Gasteiger partial charge in [0.2, 0.25) is 0 Å². The molecule has 0 saturated carbocycles. The molecule has 2 aliphatic carbocycles. The van der Waals surface area contributed by atoms with E-state index < -0.39 is 11.9 Å². The van der Waals surface area contributed by atoms with Crippen LogP contribution < -0.4 is 9.47 Å². The highest BCUT2D eigenvalue weighted by Crippen LogP contribution is 2.50. The number of allylic oxidation sites excluding steroid dienone is 4. The van der Waals surface area contributed by atoms with Gasteiger partial charge in [-0.3, -0.25) is 14.4 Å². The summed E-state index contributed by atoms with van der Waals surface area (Å²) < 4.78 is 12.2. The van der Waals surface area contributed by atoms with Gasteiger partial charge in [0.1, 0.15) is 13.2 Å². The molecule has 1 aromatic carbocycles. The second-order valence-electron chi connectivity index (χ2n) is 8.32. The van der Waals surface area contributed by atoms with Crippen LogP contribution in [0.25, 0.3) is 0 Å².